The van der Waals surface area contributed by atoms with E-state index in [1.54, 1.807) is 0 Å². The van der Waals surface area contributed by atoms with Crippen LogP contribution in [0.5, 0.6) is 0 Å². The molecule has 0 spiro atoms. The fourth-order valence-corrected chi connectivity index (χ4v) is 2.57. The number of benzene rings is 2. The van der Waals surface area contributed by atoms with Gasteiger partial charge in [-0.05, 0) is 42.7 Å². The molecular weight excluding hydrogens is 300 g/mol. The molecule has 0 aliphatic heterocycles. The number of hydrogen-bond donors (Lipinski definition) is 1. The van der Waals surface area contributed by atoms with Crippen molar-refractivity contribution in [1.29, 1.82) is 0 Å². The van der Waals surface area contributed by atoms with Gasteiger partial charge in [0.25, 0.3) is 0 Å². The molecule has 126 valence electrons. The number of nitrogens with one attached hydrogen (secondary N) is 1. The zero-order chi connectivity index (χ0) is 17.5. The number of carbonyl (C=O) groups excluding carboxylic acids is 2. The molecule has 0 bridgehead atoms. The zero-order valence-corrected chi connectivity index (χ0v) is 14.5. The summed E-state index contributed by atoms with van der Waals surface area (Å²) in [6.07, 6.45) is 0.361. The summed E-state index contributed by atoms with van der Waals surface area (Å²) < 4.78 is 0. The van der Waals surface area contributed by atoms with E-state index in [1.165, 1.54) is 18.1 Å². The molecule has 2 aromatic rings. The highest BCUT2D eigenvalue weighted by molar-refractivity contribution is 5.88. The predicted molar refractivity (Wildman–Crippen MR) is 96.7 cm³/mol. The summed E-state index contributed by atoms with van der Waals surface area (Å²) in [7, 11) is 0. The Morgan fingerprint density at radius 2 is 1.71 bits per heavy atom. The van der Waals surface area contributed by atoms with Crippen molar-refractivity contribution < 1.29 is 9.59 Å². The van der Waals surface area contributed by atoms with Gasteiger partial charge in [-0.15, -0.1) is 0 Å². The lowest BCUT2D eigenvalue weighted by Crippen LogP contribution is -2.31. The minimum absolute atomic E-state index is 0.103. The Labute approximate surface area is 143 Å². The first kappa shape index (κ1) is 17.7. The number of nitrogens with zero attached hydrogens (tertiary/aromatic N) is 1. The van der Waals surface area contributed by atoms with Gasteiger partial charge in [-0.25, -0.2) is 0 Å². The topological polar surface area (TPSA) is 49.4 Å². The monoisotopic (exact) mass is 324 g/mol. The molecule has 0 aromatic heterocycles. The first-order valence-electron chi connectivity index (χ1n) is 8.18. The predicted octanol–water partition coefficient (Wildman–Crippen LogP) is 3.54. The molecule has 0 fully saturated rings. The molecular formula is C20H24N2O2. The third-order valence-corrected chi connectivity index (χ3v) is 3.99. The van der Waals surface area contributed by atoms with Crippen LogP contribution in [0.3, 0.4) is 0 Å². The van der Waals surface area contributed by atoms with E-state index >= 15 is 0 Å². The fourth-order valence-electron chi connectivity index (χ4n) is 2.57. The minimum Gasteiger partial charge on any atom is -0.338 e. The summed E-state index contributed by atoms with van der Waals surface area (Å²) in [6, 6.07) is 15.5. The van der Waals surface area contributed by atoms with Crippen LogP contribution in [0.25, 0.3) is 0 Å². The molecule has 0 radical (unpaired) electrons. The molecule has 0 aliphatic carbocycles. The van der Waals surface area contributed by atoms with Crippen LogP contribution >= 0.6 is 0 Å². The van der Waals surface area contributed by atoms with Gasteiger partial charge in [-0.3, -0.25) is 9.59 Å². The molecule has 0 unspecified atom stereocenters. The Hall–Kier alpha value is -2.62. The smallest absolute Gasteiger partial charge is 0.227 e. The quantitative estimate of drug-likeness (QED) is 0.883. The Morgan fingerprint density at radius 1 is 1.04 bits per heavy atom. The SMILES string of the molecule is CCN(Cc1ccccc1C)C(=O)Cc1ccc(NC(C)=O)cc1. The highest BCUT2D eigenvalue weighted by Gasteiger charge is 2.13. The summed E-state index contributed by atoms with van der Waals surface area (Å²) in [6.45, 7) is 6.84. The van der Waals surface area contributed by atoms with Crippen molar-refractivity contribution in [2.75, 3.05) is 11.9 Å². The number of likely N-dealkylation sites (N-methyl/N-ethyl adjacent to an activating group) is 1. The maximum Gasteiger partial charge on any atom is 0.227 e. The molecule has 0 saturated heterocycles. The second-order valence-electron chi connectivity index (χ2n) is 5.89. The largest absolute Gasteiger partial charge is 0.338 e. The normalized spacial score (nSPS) is 10.3. The Morgan fingerprint density at radius 3 is 2.29 bits per heavy atom. The molecule has 0 atom stereocenters. The molecule has 4 nitrogen and oxygen atoms in total. The third-order valence-electron chi connectivity index (χ3n) is 3.99. The van der Waals surface area contributed by atoms with Crippen molar-refractivity contribution in [2.45, 2.75) is 33.7 Å². The van der Waals surface area contributed by atoms with Crippen molar-refractivity contribution in [3.63, 3.8) is 0 Å². The van der Waals surface area contributed by atoms with E-state index in [0.29, 0.717) is 19.5 Å². The molecule has 1 N–H and O–H groups in total. The zero-order valence-electron chi connectivity index (χ0n) is 14.5. The first-order chi connectivity index (χ1) is 11.5. The summed E-state index contributed by atoms with van der Waals surface area (Å²) >= 11 is 0. The fraction of sp³-hybridized carbons (Fsp3) is 0.300. The molecule has 4 heteroatoms. The van der Waals surface area contributed by atoms with Gasteiger partial charge >= 0.3 is 0 Å². The van der Waals surface area contributed by atoms with E-state index in [-0.39, 0.29) is 11.8 Å². The Kier molecular flexibility index (Phi) is 6.13. The van der Waals surface area contributed by atoms with Crippen LogP contribution < -0.4 is 5.32 Å². The lowest BCUT2D eigenvalue weighted by molar-refractivity contribution is -0.130. The lowest BCUT2D eigenvalue weighted by Gasteiger charge is -2.22. The summed E-state index contributed by atoms with van der Waals surface area (Å²) in [5, 5.41) is 2.72. The van der Waals surface area contributed by atoms with Gasteiger partial charge in [0, 0.05) is 25.7 Å². The lowest BCUT2D eigenvalue weighted by atomic mass is 10.1. The number of aryl methyl sites for hydroxylation is 1. The second-order valence-corrected chi connectivity index (χ2v) is 5.89. The average molecular weight is 324 g/mol. The first-order valence-corrected chi connectivity index (χ1v) is 8.18. The van der Waals surface area contributed by atoms with Gasteiger partial charge in [0.05, 0.1) is 6.42 Å². The van der Waals surface area contributed by atoms with Crippen molar-refractivity contribution in [3.05, 3.63) is 65.2 Å². The van der Waals surface area contributed by atoms with Crippen LogP contribution in [-0.2, 0) is 22.6 Å². The molecule has 2 aromatic carbocycles. The Bertz CT molecular complexity index is 708. The number of amides is 2. The van der Waals surface area contributed by atoms with Crippen LogP contribution in [0.15, 0.2) is 48.5 Å². The molecule has 2 amide bonds. The average Bonchev–Trinajstić information content (AvgIpc) is 2.55. The van der Waals surface area contributed by atoms with Crippen molar-refractivity contribution in [2.24, 2.45) is 0 Å². The number of anilines is 1. The van der Waals surface area contributed by atoms with Gasteiger partial charge < -0.3 is 10.2 Å². The van der Waals surface area contributed by atoms with Crippen molar-refractivity contribution in [3.8, 4) is 0 Å². The van der Waals surface area contributed by atoms with E-state index in [0.717, 1.165) is 11.3 Å². The van der Waals surface area contributed by atoms with Crippen LogP contribution in [0.2, 0.25) is 0 Å². The summed E-state index contributed by atoms with van der Waals surface area (Å²) in [5.41, 5.74) is 4.06. The van der Waals surface area contributed by atoms with Gasteiger partial charge in [-0.2, -0.15) is 0 Å². The van der Waals surface area contributed by atoms with E-state index in [9.17, 15) is 9.59 Å². The Balaban J connectivity index is 2.01. The van der Waals surface area contributed by atoms with Crippen molar-refractivity contribution >= 4 is 17.5 Å². The molecule has 2 rings (SSSR count). The van der Waals surface area contributed by atoms with E-state index in [4.69, 9.17) is 0 Å². The number of carbonyl (C=O) groups is 2. The molecule has 0 heterocycles. The van der Waals surface area contributed by atoms with Gasteiger partial charge in [0.2, 0.25) is 11.8 Å². The highest BCUT2D eigenvalue weighted by Crippen LogP contribution is 2.14. The van der Waals surface area contributed by atoms with Crippen LogP contribution in [0.4, 0.5) is 5.69 Å². The van der Waals surface area contributed by atoms with Gasteiger partial charge in [0.1, 0.15) is 0 Å². The third kappa shape index (κ3) is 4.95. The van der Waals surface area contributed by atoms with Crippen LogP contribution in [0.1, 0.15) is 30.5 Å². The molecule has 24 heavy (non-hydrogen) atoms. The van der Waals surface area contributed by atoms with Crippen molar-refractivity contribution in [1.82, 2.24) is 4.90 Å². The number of rotatable bonds is 6. The van der Waals surface area contributed by atoms with Crippen LogP contribution in [-0.4, -0.2) is 23.3 Å². The van der Waals surface area contributed by atoms with E-state index in [2.05, 4.69) is 24.4 Å². The summed E-state index contributed by atoms with van der Waals surface area (Å²) in [5.74, 6) is 0.00208. The molecule has 0 aliphatic rings. The maximum atomic E-state index is 12.6. The number of hydrogen-bond acceptors (Lipinski definition) is 2. The van der Waals surface area contributed by atoms with E-state index < -0.39 is 0 Å². The van der Waals surface area contributed by atoms with Crippen LogP contribution in [0, 0.1) is 6.92 Å². The van der Waals surface area contributed by atoms with Gasteiger partial charge in [-0.1, -0.05) is 36.4 Å². The highest BCUT2D eigenvalue weighted by atomic mass is 16.2. The second kappa shape index (κ2) is 8.29. The van der Waals surface area contributed by atoms with E-state index in [1.807, 2.05) is 48.2 Å². The standard InChI is InChI=1S/C20H24N2O2/c1-4-22(14-18-8-6-5-7-15(18)2)20(24)13-17-9-11-19(12-10-17)21-16(3)23/h5-12H,4,13-14H2,1-3H3,(H,21,23). The summed E-state index contributed by atoms with van der Waals surface area (Å²) in [4.78, 5) is 25.5. The molecule has 0 saturated carbocycles. The maximum absolute atomic E-state index is 12.6. The van der Waals surface area contributed by atoms with Gasteiger partial charge in [0.15, 0.2) is 0 Å². The minimum atomic E-state index is -0.103.